The smallest absolute Gasteiger partial charge is 0.352 e. The van der Waals surface area contributed by atoms with Gasteiger partial charge >= 0.3 is 20.1 Å². The molecule has 14 rings (SSSR count). The average molecular weight is 1110 g/mol. The number of benzene rings is 8. The van der Waals surface area contributed by atoms with Gasteiger partial charge in [-0.3, -0.25) is 0 Å². The molecule has 0 unspecified atom stereocenters. The molecule has 0 bridgehead atoms. The van der Waals surface area contributed by atoms with Gasteiger partial charge in [0.2, 0.25) is 0 Å². The Morgan fingerprint density at radius 1 is 0.288 bits per heavy atom. The summed E-state index contributed by atoms with van der Waals surface area (Å²) < 4.78 is 0. The van der Waals surface area contributed by atoms with Crippen molar-refractivity contribution in [1.29, 1.82) is 0 Å². The van der Waals surface area contributed by atoms with Crippen LogP contribution in [-0.2, 0) is 20.1 Å². The topological polar surface area (TPSA) is 77.3 Å². The van der Waals surface area contributed by atoms with Crippen LogP contribution < -0.4 is 0 Å². The molecule has 0 aliphatic carbocycles. The second-order valence-electron chi connectivity index (χ2n) is 17.9. The average Bonchev–Trinajstić information content (AvgIpc) is 3.47. The Balaban J connectivity index is 0.00000516. The summed E-state index contributed by atoms with van der Waals surface area (Å²) in [6, 6.07) is 80.2. The molecule has 7 heteroatoms. The standard InChI is InChI=1S/C66H37N6.Ir/c1-6-20-50(60-31-28-41(40-70-60)59-27-11-12-34-67-59)45(15-1)42-37-43(46-16-2-7-21-51(46)61-32-29-57-63-53(25-13-35-68-63)48-18-4-9-23-55(48)65(57)71-61)39-44(38-42)47-17-3-8-22-52(47)62-33-30-58-64-54(26-14-36-69-64)49-19-5-10-24-56(49)66(58)72-62;/h1-27,31-40H;/q-3;+3. The molecule has 340 valence electrons. The van der Waals surface area contributed by atoms with Gasteiger partial charge in [0.1, 0.15) is 0 Å². The Labute approximate surface area is 434 Å². The fraction of sp³-hybridized carbons (Fsp3) is 0. The van der Waals surface area contributed by atoms with E-state index in [4.69, 9.17) is 24.9 Å². The van der Waals surface area contributed by atoms with Gasteiger partial charge in [-0.05, 0) is 164 Å². The van der Waals surface area contributed by atoms with Gasteiger partial charge < -0.3 is 29.9 Å². The van der Waals surface area contributed by atoms with Gasteiger partial charge in [0, 0.05) is 18.6 Å². The van der Waals surface area contributed by atoms with Crippen molar-refractivity contribution in [3.05, 3.63) is 243 Å². The van der Waals surface area contributed by atoms with Crippen LogP contribution in [-0.4, -0.2) is 29.9 Å². The number of rotatable bonds is 7. The summed E-state index contributed by atoms with van der Waals surface area (Å²) in [6.45, 7) is 0. The maximum atomic E-state index is 5.47. The van der Waals surface area contributed by atoms with Crippen molar-refractivity contribution in [2.75, 3.05) is 0 Å². The molecule has 0 aliphatic heterocycles. The van der Waals surface area contributed by atoms with E-state index in [1.807, 2.05) is 67.1 Å². The minimum Gasteiger partial charge on any atom is -0.352 e. The third-order valence-corrected chi connectivity index (χ3v) is 13.8. The van der Waals surface area contributed by atoms with Crippen LogP contribution in [0.1, 0.15) is 0 Å². The van der Waals surface area contributed by atoms with Crippen LogP contribution in [0, 0.1) is 18.2 Å². The Morgan fingerprint density at radius 2 is 0.671 bits per heavy atom. The number of fused-ring (bicyclic) bond motifs is 12. The third kappa shape index (κ3) is 7.53. The van der Waals surface area contributed by atoms with Gasteiger partial charge in [0.05, 0.1) is 0 Å². The normalized spacial score (nSPS) is 11.5. The van der Waals surface area contributed by atoms with E-state index in [0.717, 1.165) is 144 Å². The first-order valence-corrected chi connectivity index (χ1v) is 23.9. The summed E-state index contributed by atoms with van der Waals surface area (Å²) >= 11 is 0. The van der Waals surface area contributed by atoms with E-state index in [0.29, 0.717) is 0 Å². The molecular weight excluding hydrogens is 1070 g/mol. The van der Waals surface area contributed by atoms with Crippen LogP contribution in [0.15, 0.2) is 225 Å². The van der Waals surface area contributed by atoms with Crippen molar-refractivity contribution < 1.29 is 20.1 Å². The molecule has 0 fully saturated rings. The molecular formula is C66H37IrN6. The number of hydrogen-bond acceptors (Lipinski definition) is 6. The largest absolute Gasteiger partial charge is 3.00 e. The van der Waals surface area contributed by atoms with Crippen molar-refractivity contribution in [3.8, 4) is 78.4 Å². The first kappa shape index (κ1) is 43.9. The van der Waals surface area contributed by atoms with E-state index in [-0.39, 0.29) is 20.1 Å². The second kappa shape index (κ2) is 18.2. The molecule has 0 atom stereocenters. The molecule has 0 N–H and O–H groups in total. The van der Waals surface area contributed by atoms with E-state index in [1.54, 1.807) is 6.20 Å². The van der Waals surface area contributed by atoms with Gasteiger partial charge in [-0.2, -0.15) is 0 Å². The van der Waals surface area contributed by atoms with Crippen LogP contribution >= 0.6 is 0 Å². The molecule has 8 aromatic carbocycles. The number of aromatic nitrogens is 6. The fourth-order valence-electron chi connectivity index (χ4n) is 10.5. The summed E-state index contributed by atoms with van der Waals surface area (Å²) in [7, 11) is 0. The number of nitrogens with zero attached hydrogens (tertiary/aromatic N) is 6. The first-order valence-electron chi connectivity index (χ1n) is 23.9. The van der Waals surface area contributed by atoms with E-state index in [9.17, 15) is 0 Å². The Bertz CT molecular complexity index is 4170. The Morgan fingerprint density at radius 3 is 1.12 bits per heavy atom. The summed E-state index contributed by atoms with van der Waals surface area (Å²) in [6.07, 6.45) is 7.33. The predicted octanol–water partition coefficient (Wildman–Crippen LogP) is 16.0. The van der Waals surface area contributed by atoms with Crippen molar-refractivity contribution in [1.82, 2.24) is 29.9 Å². The van der Waals surface area contributed by atoms with Gasteiger partial charge in [0.15, 0.2) is 0 Å². The Kier molecular flexibility index (Phi) is 11.0. The van der Waals surface area contributed by atoms with E-state index >= 15 is 0 Å². The van der Waals surface area contributed by atoms with Crippen LogP contribution in [0.25, 0.3) is 144 Å². The number of pyridine rings is 6. The van der Waals surface area contributed by atoms with Crippen molar-refractivity contribution in [2.45, 2.75) is 0 Å². The monoisotopic (exact) mass is 1110 g/mol. The van der Waals surface area contributed by atoms with Crippen LogP contribution in [0.5, 0.6) is 0 Å². The van der Waals surface area contributed by atoms with Crippen molar-refractivity contribution >= 4 is 65.2 Å². The zero-order valence-corrected chi connectivity index (χ0v) is 41.3. The van der Waals surface area contributed by atoms with Gasteiger partial charge in [-0.1, -0.05) is 163 Å². The first-order chi connectivity index (χ1) is 35.7. The summed E-state index contributed by atoms with van der Waals surface area (Å²) in [5.41, 5.74) is 16.8. The fourth-order valence-corrected chi connectivity index (χ4v) is 10.5. The quantitative estimate of drug-likeness (QED) is 0.117. The maximum absolute atomic E-state index is 5.47. The second-order valence-corrected chi connectivity index (χ2v) is 17.9. The summed E-state index contributed by atoms with van der Waals surface area (Å²) in [4.78, 5) is 30.1. The van der Waals surface area contributed by atoms with E-state index in [2.05, 4.69) is 175 Å². The molecule has 0 radical (unpaired) electrons. The van der Waals surface area contributed by atoms with Crippen LogP contribution in [0.4, 0.5) is 0 Å². The van der Waals surface area contributed by atoms with Gasteiger partial charge in [0.25, 0.3) is 0 Å². The van der Waals surface area contributed by atoms with E-state index < -0.39 is 0 Å². The molecule has 0 spiro atoms. The number of hydrogen-bond donors (Lipinski definition) is 0. The molecule has 0 saturated carbocycles. The molecule has 73 heavy (non-hydrogen) atoms. The van der Waals surface area contributed by atoms with E-state index in [1.165, 1.54) is 0 Å². The predicted molar refractivity (Wildman–Crippen MR) is 293 cm³/mol. The van der Waals surface area contributed by atoms with Crippen molar-refractivity contribution in [2.24, 2.45) is 0 Å². The molecule has 6 nitrogen and oxygen atoms in total. The minimum absolute atomic E-state index is 0. The Hall–Kier alpha value is -9.13. The third-order valence-electron chi connectivity index (χ3n) is 13.8. The SMILES string of the molecule is [Ir+3].[c-]1cc(-c2ccccc2-c2cc(-c3ccccc3-c3c[c-]c4c5ncccc5c5ccccc5c4n3)cc(-c3ccccc3-c3c[c-]c4c5ncccc5c5ccccc5c4n3)c2)ncc1-c1ccccn1. The molecule has 0 amide bonds. The summed E-state index contributed by atoms with van der Waals surface area (Å²) in [5.74, 6) is 0. The molecule has 0 aliphatic rings. The molecule has 6 heterocycles. The van der Waals surface area contributed by atoms with Crippen LogP contribution in [0.2, 0.25) is 0 Å². The molecule has 6 aromatic heterocycles. The zero-order chi connectivity index (χ0) is 47.5. The molecule has 14 aromatic rings. The maximum Gasteiger partial charge on any atom is 3.00 e. The van der Waals surface area contributed by atoms with Gasteiger partial charge in [-0.25, -0.2) is 0 Å². The van der Waals surface area contributed by atoms with Crippen LogP contribution in [0.3, 0.4) is 0 Å². The minimum atomic E-state index is 0. The zero-order valence-electron chi connectivity index (χ0n) is 38.9. The summed E-state index contributed by atoms with van der Waals surface area (Å²) in [5, 5.41) is 8.34. The van der Waals surface area contributed by atoms with Crippen molar-refractivity contribution in [3.63, 3.8) is 0 Å². The molecule has 0 saturated heterocycles. The van der Waals surface area contributed by atoms with Gasteiger partial charge in [-0.15, -0.1) is 42.0 Å².